The molecule has 0 bridgehead atoms. The number of amides is 1. The number of hydrogen-bond donors (Lipinski definition) is 1. The molecule has 1 saturated heterocycles. The zero-order valence-electron chi connectivity index (χ0n) is 16.0. The molecule has 0 aromatic heterocycles. The van der Waals surface area contributed by atoms with E-state index in [1.807, 2.05) is 37.4 Å². The lowest BCUT2D eigenvalue weighted by Gasteiger charge is -2.27. The van der Waals surface area contributed by atoms with Crippen LogP contribution in [-0.2, 0) is 21.3 Å². The highest BCUT2D eigenvalue weighted by Gasteiger charge is 2.24. The lowest BCUT2D eigenvalue weighted by Crippen LogP contribution is -2.41. The lowest BCUT2D eigenvalue weighted by atomic mass is 10.1. The van der Waals surface area contributed by atoms with Gasteiger partial charge >= 0.3 is 0 Å². The predicted molar refractivity (Wildman–Crippen MR) is 110 cm³/mol. The van der Waals surface area contributed by atoms with Crippen molar-refractivity contribution in [3.8, 4) is 0 Å². The summed E-state index contributed by atoms with van der Waals surface area (Å²) in [5.74, 6) is -0.163. The highest BCUT2D eigenvalue weighted by atomic mass is 32.2. The first-order valence-electron chi connectivity index (χ1n) is 9.01. The number of carbonyl (C=O) groups is 1. The zero-order valence-corrected chi connectivity index (χ0v) is 17.6. The maximum absolute atomic E-state index is 12.9. The number of carbonyl (C=O) groups excluding carboxylic acids is 1. The minimum absolute atomic E-state index is 0.0930. The van der Waals surface area contributed by atoms with Crippen LogP contribution in [0.5, 0.6) is 0 Å². The summed E-state index contributed by atoms with van der Waals surface area (Å²) >= 11 is 1.43. The van der Waals surface area contributed by atoms with Crippen molar-refractivity contribution < 1.29 is 17.9 Å². The van der Waals surface area contributed by atoms with E-state index in [2.05, 4.69) is 4.72 Å². The van der Waals surface area contributed by atoms with Gasteiger partial charge in [-0.25, -0.2) is 13.1 Å². The first-order valence-corrected chi connectivity index (χ1v) is 11.7. The number of sulfonamides is 1. The maximum Gasteiger partial charge on any atom is 0.255 e. The molecule has 2 aromatic rings. The number of ether oxygens (including phenoxy) is 1. The van der Waals surface area contributed by atoms with E-state index in [0.29, 0.717) is 31.9 Å². The second-order valence-electron chi connectivity index (χ2n) is 6.52. The molecule has 3 rings (SSSR count). The molecule has 0 radical (unpaired) electrons. The number of benzene rings is 2. The van der Waals surface area contributed by atoms with Gasteiger partial charge in [0, 0.05) is 24.5 Å². The van der Waals surface area contributed by atoms with Crippen molar-refractivity contribution in [2.45, 2.75) is 23.3 Å². The Morgan fingerprint density at radius 3 is 2.57 bits per heavy atom. The van der Waals surface area contributed by atoms with Crippen LogP contribution in [0.2, 0.25) is 0 Å². The molecule has 2 aromatic carbocycles. The Morgan fingerprint density at radius 2 is 1.89 bits per heavy atom. The van der Waals surface area contributed by atoms with Crippen LogP contribution in [0.15, 0.2) is 52.3 Å². The third-order valence-corrected chi connectivity index (χ3v) is 6.92. The summed E-state index contributed by atoms with van der Waals surface area (Å²) in [6.45, 7) is 4.15. The van der Waals surface area contributed by atoms with Crippen LogP contribution in [0.25, 0.3) is 0 Å². The van der Waals surface area contributed by atoms with Gasteiger partial charge in [-0.15, -0.1) is 11.8 Å². The number of nitrogens with one attached hydrogen (secondary N) is 1. The SMILES string of the molecule is CSc1ccc(S(=O)(=O)NCc2ccccc2C)cc1C(=O)N1CCOCC1. The van der Waals surface area contributed by atoms with Gasteiger partial charge in [0.05, 0.1) is 23.7 Å². The van der Waals surface area contributed by atoms with E-state index in [4.69, 9.17) is 4.74 Å². The van der Waals surface area contributed by atoms with Crippen molar-refractivity contribution in [1.29, 1.82) is 0 Å². The number of aryl methyl sites for hydroxylation is 1. The molecule has 150 valence electrons. The second-order valence-corrected chi connectivity index (χ2v) is 9.13. The fourth-order valence-electron chi connectivity index (χ4n) is 3.02. The van der Waals surface area contributed by atoms with Crippen LogP contribution in [0, 0.1) is 6.92 Å². The smallest absolute Gasteiger partial charge is 0.255 e. The largest absolute Gasteiger partial charge is 0.378 e. The summed E-state index contributed by atoms with van der Waals surface area (Å²) in [6.07, 6.45) is 1.87. The maximum atomic E-state index is 12.9. The average Bonchev–Trinajstić information content (AvgIpc) is 2.72. The first-order chi connectivity index (χ1) is 13.4. The quantitative estimate of drug-likeness (QED) is 0.727. The van der Waals surface area contributed by atoms with Crippen molar-refractivity contribution in [1.82, 2.24) is 9.62 Å². The standard InChI is InChI=1S/C20H24N2O4S2/c1-15-5-3-4-6-16(15)14-21-28(24,25)17-7-8-19(27-2)18(13-17)20(23)22-9-11-26-12-10-22/h3-8,13,21H,9-12,14H2,1-2H3. The van der Waals surface area contributed by atoms with Gasteiger partial charge in [-0.1, -0.05) is 24.3 Å². The fraction of sp³-hybridized carbons (Fsp3) is 0.350. The van der Waals surface area contributed by atoms with Crippen LogP contribution in [0.4, 0.5) is 0 Å². The number of thioether (sulfide) groups is 1. The Bertz CT molecular complexity index is 954. The summed E-state index contributed by atoms with van der Waals surface area (Å²) < 4.78 is 33.5. The second kappa shape index (κ2) is 9.09. The van der Waals surface area contributed by atoms with E-state index in [1.54, 1.807) is 17.0 Å². The number of nitrogens with zero attached hydrogens (tertiary/aromatic N) is 1. The summed E-state index contributed by atoms with van der Waals surface area (Å²) in [5.41, 5.74) is 2.34. The summed E-state index contributed by atoms with van der Waals surface area (Å²) in [7, 11) is -3.74. The Kier molecular flexibility index (Phi) is 6.77. The molecule has 0 spiro atoms. The van der Waals surface area contributed by atoms with Gasteiger partial charge in [0.2, 0.25) is 10.0 Å². The van der Waals surface area contributed by atoms with Gasteiger partial charge in [-0.2, -0.15) is 0 Å². The van der Waals surface area contributed by atoms with Crippen molar-refractivity contribution in [3.63, 3.8) is 0 Å². The normalized spacial score (nSPS) is 14.9. The highest BCUT2D eigenvalue weighted by molar-refractivity contribution is 7.98. The van der Waals surface area contributed by atoms with Crippen molar-refractivity contribution in [2.24, 2.45) is 0 Å². The van der Waals surface area contributed by atoms with E-state index in [1.165, 1.54) is 17.8 Å². The predicted octanol–water partition coefficient (Wildman–Crippen LogP) is 2.67. The number of hydrogen-bond acceptors (Lipinski definition) is 5. The van der Waals surface area contributed by atoms with E-state index in [-0.39, 0.29) is 17.3 Å². The Hall–Kier alpha value is -1.87. The molecule has 8 heteroatoms. The average molecular weight is 421 g/mol. The summed E-state index contributed by atoms with van der Waals surface area (Å²) in [6, 6.07) is 12.3. The van der Waals surface area contributed by atoms with Crippen molar-refractivity contribution in [2.75, 3.05) is 32.6 Å². The molecular weight excluding hydrogens is 396 g/mol. The Morgan fingerprint density at radius 1 is 1.18 bits per heavy atom. The molecule has 1 heterocycles. The minimum atomic E-state index is -3.74. The van der Waals surface area contributed by atoms with Crippen molar-refractivity contribution >= 4 is 27.7 Å². The van der Waals surface area contributed by atoms with Gasteiger partial charge in [0.15, 0.2) is 0 Å². The van der Waals surface area contributed by atoms with Crippen LogP contribution >= 0.6 is 11.8 Å². The number of morpholine rings is 1. The zero-order chi connectivity index (χ0) is 20.1. The molecule has 1 amide bonds. The van der Waals surface area contributed by atoms with E-state index < -0.39 is 10.0 Å². The molecule has 1 aliphatic heterocycles. The molecule has 1 fully saturated rings. The molecule has 0 atom stereocenters. The third-order valence-electron chi connectivity index (χ3n) is 4.72. The van der Waals surface area contributed by atoms with Crippen LogP contribution < -0.4 is 4.72 Å². The topological polar surface area (TPSA) is 75.7 Å². The van der Waals surface area contributed by atoms with Crippen molar-refractivity contribution in [3.05, 3.63) is 59.2 Å². The summed E-state index contributed by atoms with van der Waals surface area (Å²) in [5, 5.41) is 0. The lowest BCUT2D eigenvalue weighted by molar-refractivity contribution is 0.0300. The van der Waals surface area contributed by atoms with Gasteiger partial charge in [0.25, 0.3) is 5.91 Å². The third kappa shape index (κ3) is 4.75. The summed E-state index contributed by atoms with van der Waals surface area (Å²) in [4.78, 5) is 15.5. The Labute approximate surface area is 170 Å². The number of rotatable bonds is 6. The minimum Gasteiger partial charge on any atom is -0.378 e. The van der Waals surface area contributed by atoms with E-state index in [9.17, 15) is 13.2 Å². The van der Waals surface area contributed by atoms with Gasteiger partial charge in [-0.3, -0.25) is 4.79 Å². The van der Waals surface area contributed by atoms with E-state index >= 15 is 0 Å². The molecule has 0 unspecified atom stereocenters. The van der Waals surface area contributed by atoms with Gasteiger partial charge < -0.3 is 9.64 Å². The van der Waals surface area contributed by atoms with Crippen LogP contribution in [0.1, 0.15) is 21.5 Å². The van der Waals surface area contributed by atoms with Gasteiger partial charge in [0.1, 0.15) is 0 Å². The molecule has 6 nitrogen and oxygen atoms in total. The Balaban J connectivity index is 1.84. The molecule has 0 aliphatic carbocycles. The van der Waals surface area contributed by atoms with Crippen LogP contribution in [-0.4, -0.2) is 51.8 Å². The van der Waals surface area contributed by atoms with E-state index in [0.717, 1.165) is 16.0 Å². The highest BCUT2D eigenvalue weighted by Crippen LogP contribution is 2.25. The molecule has 1 N–H and O–H groups in total. The van der Waals surface area contributed by atoms with Gasteiger partial charge in [-0.05, 0) is 42.5 Å². The molecule has 0 saturated carbocycles. The first kappa shape index (κ1) is 20.9. The van der Waals surface area contributed by atoms with Crippen LogP contribution in [0.3, 0.4) is 0 Å². The molecule has 1 aliphatic rings. The molecule has 28 heavy (non-hydrogen) atoms. The fourth-order valence-corrected chi connectivity index (χ4v) is 4.63. The monoisotopic (exact) mass is 420 g/mol. The molecular formula is C20H24N2O4S2.